The van der Waals surface area contributed by atoms with Crippen LogP contribution in [0.1, 0.15) is 45.4 Å². The number of thiol groups is 1. The standard InChI is InChI=1S/C14H25NO3S/c1-3-4-9-12(14(17)18-2)15-13(16)10-7-5-6-8-11-19/h5-6,12,19H,3-4,7-11H2,1-2H3,(H,15,16)/b6-5+/t12-/m0/s1. The summed E-state index contributed by atoms with van der Waals surface area (Å²) in [4.78, 5) is 23.2. The summed E-state index contributed by atoms with van der Waals surface area (Å²) >= 11 is 4.09. The third-order valence-electron chi connectivity index (χ3n) is 2.67. The van der Waals surface area contributed by atoms with Gasteiger partial charge in [0.15, 0.2) is 0 Å². The lowest BCUT2D eigenvalue weighted by molar-refractivity contribution is -0.145. The summed E-state index contributed by atoms with van der Waals surface area (Å²) in [6, 6.07) is -0.515. The summed E-state index contributed by atoms with van der Waals surface area (Å²) in [5.74, 6) is 0.332. The van der Waals surface area contributed by atoms with Gasteiger partial charge in [-0.25, -0.2) is 4.79 Å². The number of unbranched alkanes of at least 4 members (excludes halogenated alkanes) is 1. The van der Waals surface area contributed by atoms with Crippen LogP contribution in [0, 0.1) is 0 Å². The predicted molar refractivity (Wildman–Crippen MR) is 80.3 cm³/mol. The van der Waals surface area contributed by atoms with Crippen molar-refractivity contribution < 1.29 is 14.3 Å². The molecule has 0 aliphatic heterocycles. The smallest absolute Gasteiger partial charge is 0.328 e. The highest BCUT2D eigenvalue weighted by Gasteiger charge is 2.20. The van der Waals surface area contributed by atoms with Crippen molar-refractivity contribution in [1.29, 1.82) is 0 Å². The average molecular weight is 287 g/mol. The third-order valence-corrected chi connectivity index (χ3v) is 2.93. The molecule has 5 heteroatoms. The van der Waals surface area contributed by atoms with Crippen LogP contribution in [0.25, 0.3) is 0 Å². The molecule has 1 amide bonds. The Morgan fingerprint density at radius 2 is 2.00 bits per heavy atom. The van der Waals surface area contributed by atoms with Gasteiger partial charge < -0.3 is 10.1 Å². The van der Waals surface area contributed by atoms with Gasteiger partial charge in [0.05, 0.1) is 7.11 Å². The topological polar surface area (TPSA) is 55.4 Å². The van der Waals surface area contributed by atoms with Crippen LogP contribution in [-0.2, 0) is 14.3 Å². The molecular weight excluding hydrogens is 262 g/mol. The molecule has 0 saturated heterocycles. The lowest BCUT2D eigenvalue weighted by atomic mass is 10.1. The largest absolute Gasteiger partial charge is 0.467 e. The molecule has 4 nitrogen and oxygen atoms in total. The van der Waals surface area contributed by atoms with Gasteiger partial charge in [0, 0.05) is 6.42 Å². The number of carbonyl (C=O) groups is 2. The van der Waals surface area contributed by atoms with Gasteiger partial charge in [-0.1, -0.05) is 31.9 Å². The summed E-state index contributed by atoms with van der Waals surface area (Å²) < 4.78 is 4.69. The van der Waals surface area contributed by atoms with Crippen molar-refractivity contribution in [2.45, 2.75) is 51.5 Å². The molecule has 0 bridgehead atoms. The monoisotopic (exact) mass is 287 g/mol. The first-order chi connectivity index (χ1) is 9.15. The van der Waals surface area contributed by atoms with Crippen molar-refractivity contribution in [1.82, 2.24) is 5.32 Å². The van der Waals surface area contributed by atoms with Gasteiger partial charge in [-0.3, -0.25) is 4.79 Å². The number of nitrogens with one attached hydrogen (secondary N) is 1. The van der Waals surface area contributed by atoms with E-state index in [2.05, 4.69) is 17.9 Å². The second kappa shape index (κ2) is 12.1. The maximum atomic E-state index is 11.7. The van der Waals surface area contributed by atoms with E-state index in [1.54, 1.807) is 0 Å². The van der Waals surface area contributed by atoms with E-state index >= 15 is 0 Å². The molecule has 0 spiro atoms. The average Bonchev–Trinajstić information content (AvgIpc) is 2.42. The summed E-state index contributed by atoms with van der Waals surface area (Å²) in [6.07, 6.45) is 8.46. The van der Waals surface area contributed by atoms with Crippen molar-refractivity contribution in [3.05, 3.63) is 12.2 Å². The number of hydrogen-bond donors (Lipinski definition) is 2. The SMILES string of the molecule is CCCC[C@H](NC(=O)CC/C=C/CCS)C(=O)OC. The van der Waals surface area contributed by atoms with Gasteiger partial charge in [-0.15, -0.1) is 0 Å². The molecule has 0 heterocycles. The normalized spacial score (nSPS) is 12.4. The molecule has 19 heavy (non-hydrogen) atoms. The van der Waals surface area contributed by atoms with Crippen LogP contribution < -0.4 is 5.32 Å². The van der Waals surface area contributed by atoms with Crippen molar-refractivity contribution in [2.24, 2.45) is 0 Å². The van der Waals surface area contributed by atoms with Crippen LogP contribution >= 0.6 is 12.6 Å². The molecule has 0 fully saturated rings. The molecule has 0 rings (SSSR count). The van der Waals surface area contributed by atoms with Crippen LogP contribution in [0.4, 0.5) is 0 Å². The van der Waals surface area contributed by atoms with Crippen LogP contribution in [0.2, 0.25) is 0 Å². The number of ether oxygens (including phenoxy) is 1. The summed E-state index contributed by atoms with van der Waals surface area (Å²) in [5, 5.41) is 2.73. The van der Waals surface area contributed by atoms with Gasteiger partial charge in [0.25, 0.3) is 0 Å². The van der Waals surface area contributed by atoms with E-state index < -0.39 is 6.04 Å². The Morgan fingerprint density at radius 3 is 2.58 bits per heavy atom. The lowest BCUT2D eigenvalue weighted by Gasteiger charge is -2.15. The number of amides is 1. The van der Waals surface area contributed by atoms with Crippen LogP contribution in [0.15, 0.2) is 12.2 Å². The summed E-state index contributed by atoms with van der Waals surface area (Å²) in [6.45, 7) is 2.04. The van der Waals surface area contributed by atoms with Crippen molar-refractivity contribution >= 4 is 24.5 Å². The van der Waals surface area contributed by atoms with E-state index in [4.69, 9.17) is 4.74 Å². The van der Waals surface area contributed by atoms with Crippen LogP contribution in [0.3, 0.4) is 0 Å². The van der Waals surface area contributed by atoms with Crippen LogP contribution in [-0.4, -0.2) is 30.8 Å². The molecular formula is C14H25NO3S. The number of carbonyl (C=O) groups excluding carboxylic acids is 2. The highest BCUT2D eigenvalue weighted by Crippen LogP contribution is 2.04. The maximum absolute atomic E-state index is 11.7. The fourth-order valence-electron chi connectivity index (χ4n) is 1.59. The van der Waals surface area contributed by atoms with E-state index in [9.17, 15) is 9.59 Å². The molecule has 0 aromatic rings. The molecule has 110 valence electrons. The van der Waals surface area contributed by atoms with Crippen molar-refractivity contribution in [2.75, 3.05) is 12.9 Å². The fraction of sp³-hybridized carbons (Fsp3) is 0.714. The number of esters is 1. The number of allylic oxidation sites excluding steroid dienone is 2. The number of methoxy groups -OCH3 is 1. The first-order valence-corrected chi connectivity index (χ1v) is 7.42. The third kappa shape index (κ3) is 9.59. The molecule has 0 aliphatic carbocycles. The van der Waals surface area contributed by atoms with Crippen molar-refractivity contribution in [3.8, 4) is 0 Å². The quantitative estimate of drug-likeness (QED) is 0.369. The van der Waals surface area contributed by atoms with E-state index in [1.165, 1.54) is 7.11 Å². The Bertz CT molecular complexity index is 292. The molecule has 1 N–H and O–H groups in total. The molecule has 0 aliphatic rings. The van der Waals surface area contributed by atoms with Gasteiger partial charge in [-0.05, 0) is 25.0 Å². The fourth-order valence-corrected chi connectivity index (χ4v) is 1.74. The predicted octanol–water partition coefficient (Wildman–Crippen LogP) is 2.49. The van der Waals surface area contributed by atoms with Gasteiger partial charge in [0.1, 0.15) is 6.04 Å². The van der Waals surface area contributed by atoms with Gasteiger partial charge >= 0.3 is 5.97 Å². The maximum Gasteiger partial charge on any atom is 0.328 e. The minimum atomic E-state index is -0.515. The lowest BCUT2D eigenvalue weighted by Crippen LogP contribution is -2.41. The Morgan fingerprint density at radius 1 is 1.32 bits per heavy atom. The summed E-state index contributed by atoms with van der Waals surface area (Å²) in [7, 11) is 1.34. The van der Waals surface area contributed by atoms with E-state index in [-0.39, 0.29) is 11.9 Å². The zero-order valence-electron chi connectivity index (χ0n) is 11.9. The molecule has 0 aromatic carbocycles. The Kier molecular flexibility index (Phi) is 11.5. The Hall–Kier alpha value is -0.970. The molecule has 1 atom stereocenters. The number of rotatable bonds is 10. The molecule has 0 saturated carbocycles. The highest BCUT2D eigenvalue weighted by molar-refractivity contribution is 7.80. The first kappa shape index (κ1) is 18.0. The minimum absolute atomic E-state index is 0.109. The van der Waals surface area contributed by atoms with E-state index in [1.807, 2.05) is 19.1 Å². The molecule has 0 unspecified atom stereocenters. The second-order valence-corrected chi connectivity index (χ2v) is 4.76. The van der Waals surface area contributed by atoms with Gasteiger partial charge in [0.2, 0.25) is 5.91 Å². The second-order valence-electron chi connectivity index (χ2n) is 4.31. The molecule has 0 radical (unpaired) electrons. The van der Waals surface area contributed by atoms with E-state index in [0.717, 1.165) is 25.0 Å². The highest BCUT2D eigenvalue weighted by atomic mass is 32.1. The Balaban J connectivity index is 4.04. The van der Waals surface area contributed by atoms with Gasteiger partial charge in [-0.2, -0.15) is 12.6 Å². The Labute approximate surface area is 121 Å². The number of hydrogen-bond acceptors (Lipinski definition) is 4. The molecule has 0 aromatic heterocycles. The summed E-state index contributed by atoms with van der Waals surface area (Å²) in [5.41, 5.74) is 0. The first-order valence-electron chi connectivity index (χ1n) is 6.78. The van der Waals surface area contributed by atoms with Crippen LogP contribution in [0.5, 0.6) is 0 Å². The van der Waals surface area contributed by atoms with E-state index in [0.29, 0.717) is 19.3 Å². The van der Waals surface area contributed by atoms with Crippen molar-refractivity contribution in [3.63, 3.8) is 0 Å². The zero-order chi connectivity index (χ0) is 14.5. The zero-order valence-corrected chi connectivity index (χ0v) is 12.7. The minimum Gasteiger partial charge on any atom is -0.467 e.